The molecule has 1 heterocycles. The summed E-state index contributed by atoms with van der Waals surface area (Å²) in [6.45, 7) is 3.41. The smallest absolute Gasteiger partial charge is 0.417 e. The minimum Gasteiger partial charge on any atom is -0.479 e. The van der Waals surface area contributed by atoms with E-state index in [4.69, 9.17) is 15.3 Å². The van der Waals surface area contributed by atoms with Crippen LogP contribution in [0.15, 0.2) is 40.9 Å². The first-order valence-corrected chi connectivity index (χ1v) is 9.67. The SMILES string of the molecule is Cn1c(-c2ccc(C#N)cc2C(F)(F)F)nnc1C(C)(C)Oc1ccc(C#N)cc1Br. The zero-order chi connectivity index (χ0) is 23.0. The summed E-state index contributed by atoms with van der Waals surface area (Å²) in [5, 5.41) is 26.0. The Morgan fingerprint density at radius 1 is 1.00 bits per heavy atom. The van der Waals surface area contributed by atoms with Gasteiger partial charge in [0.25, 0.3) is 0 Å². The molecule has 3 aromatic rings. The first-order chi connectivity index (χ1) is 14.5. The molecule has 0 fully saturated rings. The lowest BCUT2D eigenvalue weighted by Gasteiger charge is -2.26. The Hall–Kier alpha value is -3.37. The molecule has 0 N–H and O–H groups in total. The van der Waals surface area contributed by atoms with Crippen LogP contribution in [0, 0.1) is 22.7 Å². The van der Waals surface area contributed by atoms with Crippen molar-refractivity contribution in [3.63, 3.8) is 0 Å². The lowest BCUT2D eigenvalue weighted by atomic mass is 10.0. The number of benzene rings is 2. The second-order valence-electron chi connectivity index (χ2n) is 7.15. The van der Waals surface area contributed by atoms with E-state index in [0.717, 1.165) is 6.07 Å². The number of nitriles is 2. The molecule has 0 aliphatic heterocycles. The minimum absolute atomic E-state index is 0.0117. The van der Waals surface area contributed by atoms with Crippen molar-refractivity contribution in [3.8, 4) is 29.3 Å². The average Bonchev–Trinajstić information content (AvgIpc) is 3.10. The molecule has 0 saturated heterocycles. The van der Waals surface area contributed by atoms with E-state index in [1.54, 1.807) is 45.2 Å². The summed E-state index contributed by atoms with van der Waals surface area (Å²) in [5.41, 5.74) is -1.89. The monoisotopic (exact) mass is 489 g/mol. The van der Waals surface area contributed by atoms with Crippen molar-refractivity contribution in [1.82, 2.24) is 14.8 Å². The summed E-state index contributed by atoms with van der Waals surface area (Å²) < 4.78 is 48.8. The Kier molecular flexibility index (Phi) is 5.79. The predicted molar refractivity (Wildman–Crippen MR) is 109 cm³/mol. The highest BCUT2D eigenvalue weighted by molar-refractivity contribution is 9.10. The quantitative estimate of drug-likeness (QED) is 0.494. The molecule has 0 saturated carbocycles. The van der Waals surface area contributed by atoms with Crippen LogP contribution >= 0.6 is 15.9 Å². The highest BCUT2D eigenvalue weighted by Crippen LogP contribution is 2.38. The topological polar surface area (TPSA) is 87.5 Å². The molecular formula is C21H15BrF3N5O. The minimum atomic E-state index is -4.67. The predicted octanol–water partition coefficient (Wildman–Crippen LogP) is 5.32. The van der Waals surface area contributed by atoms with Crippen LogP contribution in [0.1, 0.15) is 36.4 Å². The van der Waals surface area contributed by atoms with Gasteiger partial charge in [0.2, 0.25) is 0 Å². The number of aromatic nitrogens is 3. The van der Waals surface area contributed by atoms with Crippen molar-refractivity contribution in [2.45, 2.75) is 25.6 Å². The molecule has 0 aliphatic carbocycles. The number of rotatable bonds is 4. The summed E-state index contributed by atoms with van der Waals surface area (Å²) >= 11 is 3.35. The van der Waals surface area contributed by atoms with Gasteiger partial charge >= 0.3 is 6.18 Å². The molecule has 10 heteroatoms. The molecule has 158 valence electrons. The fourth-order valence-corrected chi connectivity index (χ4v) is 3.56. The van der Waals surface area contributed by atoms with E-state index in [0.29, 0.717) is 15.8 Å². The van der Waals surface area contributed by atoms with Crippen LogP contribution in [-0.4, -0.2) is 14.8 Å². The van der Waals surface area contributed by atoms with Gasteiger partial charge in [-0.25, -0.2) is 0 Å². The Balaban J connectivity index is 2.04. The maximum Gasteiger partial charge on any atom is 0.417 e. The lowest BCUT2D eigenvalue weighted by Crippen LogP contribution is -2.29. The fourth-order valence-electron chi connectivity index (χ4n) is 3.11. The van der Waals surface area contributed by atoms with E-state index in [1.807, 2.05) is 6.07 Å². The van der Waals surface area contributed by atoms with Crippen LogP contribution in [-0.2, 0) is 18.8 Å². The molecule has 0 spiro atoms. The van der Waals surface area contributed by atoms with Gasteiger partial charge in [-0.2, -0.15) is 23.7 Å². The molecule has 6 nitrogen and oxygen atoms in total. The van der Waals surface area contributed by atoms with E-state index < -0.39 is 17.3 Å². The van der Waals surface area contributed by atoms with Gasteiger partial charge in [0.15, 0.2) is 17.2 Å². The Bertz CT molecular complexity index is 1240. The summed E-state index contributed by atoms with van der Waals surface area (Å²) in [5.74, 6) is 0.710. The van der Waals surface area contributed by atoms with Crippen molar-refractivity contribution in [2.24, 2.45) is 7.05 Å². The molecule has 31 heavy (non-hydrogen) atoms. The Labute approximate surface area is 184 Å². The highest BCUT2D eigenvalue weighted by Gasteiger charge is 2.37. The highest BCUT2D eigenvalue weighted by atomic mass is 79.9. The van der Waals surface area contributed by atoms with Crippen molar-refractivity contribution in [3.05, 3.63) is 63.4 Å². The Morgan fingerprint density at radius 3 is 2.19 bits per heavy atom. The molecule has 0 aliphatic rings. The van der Waals surface area contributed by atoms with Crippen molar-refractivity contribution in [1.29, 1.82) is 10.5 Å². The molecule has 0 atom stereocenters. The zero-order valence-corrected chi connectivity index (χ0v) is 18.2. The maximum atomic E-state index is 13.6. The van der Waals surface area contributed by atoms with E-state index in [1.165, 1.54) is 16.7 Å². The molecule has 0 bridgehead atoms. The van der Waals surface area contributed by atoms with E-state index in [-0.39, 0.29) is 22.8 Å². The number of hydrogen-bond acceptors (Lipinski definition) is 5. The first kappa shape index (κ1) is 22.3. The lowest BCUT2D eigenvalue weighted by molar-refractivity contribution is -0.137. The van der Waals surface area contributed by atoms with E-state index in [9.17, 15) is 13.2 Å². The second kappa shape index (κ2) is 8.05. The summed E-state index contributed by atoms with van der Waals surface area (Å²) in [6, 6.07) is 11.8. The number of alkyl halides is 3. The van der Waals surface area contributed by atoms with Crippen LogP contribution in [0.25, 0.3) is 11.4 Å². The zero-order valence-electron chi connectivity index (χ0n) is 16.6. The van der Waals surface area contributed by atoms with Crippen LogP contribution in [0.3, 0.4) is 0 Å². The summed E-state index contributed by atoms with van der Waals surface area (Å²) in [7, 11) is 1.54. The third kappa shape index (κ3) is 4.39. The normalized spacial score (nSPS) is 11.6. The van der Waals surface area contributed by atoms with Crippen molar-refractivity contribution >= 4 is 15.9 Å². The van der Waals surface area contributed by atoms with Gasteiger partial charge in [-0.3, -0.25) is 0 Å². The molecule has 0 unspecified atom stereocenters. The van der Waals surface area contributed by atoms with Gasteiger partial charge in [0.1, 0.15) is 5.75 Å². The van der Waals surface area contributed by atoms with Gasteiger partial charge in [-0.1, -0.05) is 0 Å². The third-order valence-corrected chi connectivity index (χ3v) is 5.15. The summed E-state index contributed by atoms with van der Waals surface area (Å²) in [6.07, 6.45) is -4.67. The molecule has 0 radical (unpaired) electrons. The van der Waals surface area contributed by atoms with Crippen LogP contribution < -0.4 is 4.74 Å². The number of ether oxygens (including phenoxy) is 1. The number of hydrogen-bond donors (Lipinski definition) is 0. The van der Waals surface area contributed by atoms with Crippen molar-refractivity contribution < 1.29 is 17.9 Å². The molecule has 2 aromatic carbocycles. The fraction of sp³-hybridized carbons (Fsp3) is 0.238. The first-order valence-electron chi connectivity index (χ1n) is 8.88. The van der Waals surface area contributed by atoms with Gasteiger partial charge in [0.05, 0.1) is 33.3 Å². The van der Waals surface area contributed by atoms with Gasteiger partial charge < -0.3 is 9.30 Å². The number of halogens is 4. The molecule has 0 amide bonds. The molecule has 1 aromatic heterocycles. The second-order valence-corrected chi connectivity index (χ2v) is 8.00. The maximum absolute atomic E-state index is 13.6. The molecule has 3 rings (SSSR count). The summed E-state index contributed by atoms with van der Waals surface area (Å²) in [4.78, 5) is 0. The third-order valence-electron chi connectivity index (χ3n) is 4.53. The van der Waals surface area contributed by atoms with Crippen LogP contribution in [0.2, 0.25) is 0 Å². The molecular weight excluding hydrogens is 475 g/mol. The van der Waals surface area contributed by atoms with Gasteiger partial charge in [-0.15, -0.1) is 10.2 Å². The standard InChI is InChI=1S/C21H15BrF3N5O/c1-20(2,31-17-7-5-13(11-27)9-16(17)22)19-29-28-18(30(19)3)14-6-4-12(10-26)8-15(14)21(23,24)25/h4-9H,1-3H3. The van der Waals surface area contributed by atoms with Gasteiger partial charge in [0, 0.05) is 12.6 Å². The van der Waals surface area contributed by atoms with E-state index in [2.05, 4.69) is 26.1 Å². The van der Waals surface area contributed by atoms with E-state index >= 15 is 0 Å². The van der Waals surface area contributed by atoms with Crippen molar-refractivity contribution in [2.75, 3.05) is 0 Å². The average molecular weight is 490 g/mol. The van der Waals surface area contributed by atoms with Crippen LogP contribution in [0.4, 0.5) is 13.2 Å². The Morgan fingerprint density at radius 2 is 1.61 bits per heavy atom. The largest absolute Gasteiger partial charge is 0.479 e. The van der Waals surface area contributed by atoms with Gasteiger partial charge in [-0.05, 0) is 66.2 Å². The van der Waals surface area contributed by atoms with Crippen LogP contribution in [0.5, 0.6) is 5.75 Å². The number of nitrogens with zero attached hydrogens (tertiary/aromatic N) is 5.